The number of rotatable bonds is 8. The van der Waals surface area contributed by atoms with E-state index < -0.39 is 21.7 Å². The van der Waals surface area contributed by atoms with E-state index >= 15 is 0 Å². The summed E-state index contributed by atoms with van der Waals surface area (Å²) in [5.41, 5.74) is 1.41. The Morgan fingerprint density at radius 2 is 1.60 bits per heavy atom. The molecule has 0 saturated carbocycles. The van der Waals surface area contributed by atoms with Gasteiger partial charge in [-0.15, -0.1) is 0 Å². The van der Waals surface area contributed by atoms with Gasteiger partial charge in [-0.25, -0.2) is 27.2 Å². The van der Waals surface area contributed by atoms with Crippen molar-refractivity contribution in [2.24, 2.45) is 0 Å². The van der Waals surface area contributed by atoms with Gasteiger partial charge in [0.25, 0.3) is 5.92 Å². The molecule has 0 amide bonds. The first kappa shape index (κ1) is 21.5. The van der Waals surface area contributed by atoms with Crippen LogP contribution >= 0.6 is 0 Å². The van der Waals surface area contributed by atoms with Crippen molar-refractivity contribution in [3.8, 4) is 11.5 Å². The van der Waals surface area contributed by atoms with Crippen molar-refractivity contribution < 1.29 is 26.7 Å². The number of hydrogen-bond acceptors (Lipinski definition) is 7. The summed E-state index contributed by atoms with van der Waals surface area (Å²) in [6, 6.07) is 9.57. The standard InChI is InChI=1S/C19H20F2N4O4S/c1-19(20,21)10-30(26,27)25-13-6-4-12(5-7-13)24-18-14-8-16(28-2)17(29-3)9-15(14)22-11-23-18/h4-9,11,25H,10H2,1-3H3,(H,22,23,24). The molecule has 8 nitrogen and oxygen atoms in total. The molecule has 0 radical (unpaired) electrons. The smallest absolute Gasteiger partial charge is 0.261 e. The zero-order valence-electron chi connectivity index (χ0n) is 16.4. The Bertz CT molecular complexity index is 1150. The number of alkyl halides is 2. The highest BCUT2D eigenvalue weighted by Crippen LogP contribution is 2.34. The van der Waals surface area contributed by atoms with Crippen LogP contribution in [0.5, 0.6) is 11.5 Å². The molecule has 2 aromatic carbocycles. The second kappa shape index (κ2) is 8.27. The Kier molecular flexibility index (Phi) is 5.92. The summed E-state index contributed by atoms with van der Waals surface area (Å²) in [5, 5.41) is 3.80. The van der Waals surface area contributed by atoms with Gasteiger partial charge in [0.15, 0.2) is 11.5 Å². The lowest BCUT2D eigenvalue weighted by molar-refractivity contribution is 0.0475. The highest BCUT2D eigenvalue weighted by Gasteiger charge is 2.29. The highest BCUT2D eigenvalue weighted by molar-refractivity contribution is 7.92. The van der Waals surface area contributed by atoms with Crippen LogP contribution in [-0.2, 0) is 10.0 Å². The molecule has 2 N–H and O–H groups in total. The van der Waals surface area contributed by atoms with E-state index in [0.29, 0.717) is 40.8 Å². The SMILES string of the molecule is COc1cc2ncnc(Nc3ccc(NS(=O)(=O)CC(C)(F)F)cc3)c2cc1OC. The molecule has 0 aliphatic carbocycles. The number of nitrogens with one attached hydrogen (secondary N) is 2. The van der Waals surface area contributed by atoms with Crippen molar-refractivity contribution >= 4 is 38.1 Å². The molecule has 160 valence electrons. The number of nitrogens with zero attached hydrogens (tertiary/aromatic N) is 2. The molecule has 0 unspecified atom stereocenters. The molecule has 0 spiro atoms. The lowest BCUT2D eigenvalue weighted by Crippen LogP contribution is -2.28. The van der Waals surface area contributed by atoms with Crippen LogP contribution < -0.4 is 19.5 Å². The molecule has 3 rings (SSSR count). The molecule has 11 heteroatoms. The molecule has 0 bridgehead atoms. The number of fused-ring (bicyclic) bond motifs is 1. The molecule has 0 atom stereocenters. The molecule has 1 heterocycles. The zero-order valence-corrected chi connectivity index (χ0v) is 17.3. The lowest BCUT2D eigenvalue weighted by Gasteiger charge is -2.14. The monoisotopic (exact) mass is 438 g/mol. The quantitative estimate of drug-likeness (QED) is 0.552. The topological polar surface area (TPSA) is 102 Å². The van der Waals surface area contributed by atoms with E-state index in [1.807, 2.05) is 0 Å². The zero-order chi connectivity index (χ0) is 21.9. The van der Waals surface area contributed by atoms with Gasteiger partial charge in [0, 0.05) is 29.8 Å². The van der Waals surface area contributed by atoms with Gasteiger partial charge in [0.2, 0.25) is 10.0 Å². The Morgan fingerprint density at radius 3 is 2.20 bits per heavy atom. The fourth-order valence-electron chi connectivity index (χ4n) is 2.79. The van der Waals surface area contributed by atoms with Gasteiger partial charge >= 0.3 is 0 Å². The Hall–Kier alpha value is -3.21. The van der Waals surface area contributed by atoms with E-state index in [0.717, 1.165) is 0 Å². The van der Waals surface area contributed by atoms with Gasteiger partial charge in [0.05, 0.1) is 19.7 Å². The second-order valence-electron chi connectivity index (χ2n) is 6.58. The molecule has 0 saturated heterocycles. The molecule has 30 heavy (non-hydrogen) atoms. The minimum atomic E-state index is -4.17. The van der Waals surface area contributed by atoms with Crippen LogP contribution in [0, 0.1) is 0 Å². The van der Waals surface area contributed by atoms with Crippen molar-refractivity contribution in [1.82, 2.24) is 9.97 Å². The summed E-state index contributed by atoms with van der Waals surface area (Å²) in [5.74, 6) is -3.08. The lowest BCUT2D eigenvalue weighted by atomic mass is 10.2. The van der Waals surface area contributed by atoms with Gasteiger partial charge in [-0.2, -0.15) is 0 Å². The van der Waals surface area contributed by atoms with Gasteiger partial charge < -0.3 is 14.8 Å². The number of hydrogen-bond donors (Lipinski definition) is 2. The number of methoxy groups -OCH3 is 2. The highest BCUT2D eigenvalue weighted by atomic mass is 32.2. The number of sulfonamides is 1. The van der Waals surface area contributed by atoms with Crippen LogP contribution in [0.15, 0.2) is 42.7 Å². The Labute approximate surface area is 172 Å². The minimum Gasteiger partial charge on any atom is -0.493 e. The van der Waals surface area contributed by atoms with Crippen LogP contribution in [0.4, 0.5) is 26.0 Å². The maximum atomic E-state index is 13.0. The number of anilines is 3. The third-order valence-corrected chi connectivity index (χ3v) is 5.44. The predicted octanol–water partition coefficient (Wildman–Crippen LogP) is 3.79. The first-order chi connectivity index (χ1) is 14.1. The molecule has 0 fully saturated rings. The number of ether oxygens (including phenoxy) is 2. The average molecular weight is 438 g/mol. The molecule has 0 aliphatic heterocycles. The largest absolute Gasteiger partial charge is 0.493 e. The Morgan fingerprint density at radius 1 is 1.00 bits per heavy atom. The maximum Gasteiger partial charge on any atom is 0.261 e. The van der Waals surface area contributed by atoms with Gasteiger partial charge in [-0.1, -0.05) is 0 Å². The van der Waals surface area contributed by atoms with Gasteiger partial charge in [-0.05, 0) is 30.3 Å². The van der Waals surface area contributed by atoms with E-state index in [2.05, 4.69) is 20.0 Å². The first-order valence-electron chi connectivity index (χ1n) is 8.72. The van der Waals surface area contributed by atoms with E-state index in [1.54, 1.807) is 24.3 Å². The van der Waals surface area contributed by atoms with Crippen molar-refractivity contribution in [2.45, 2.75) is 12.8 Å². The van der Waals surface area contributed by atoms with E-state index in [-0.39, 0.29) is 5.69 Å². The number of benzene rings is 2. The summed E-state index contributed by atoms with van der Waals surface area (Å²) in [6.07, 6.45) is 1.39. The average Bonchev–Trinajstić information content (AvgIpc) is 2.66. The minimum absolute atomic E-state index is 0.170. The first-order valence-corrected chi connectivity index (χ1v) is 10.4. The fraction of sp³-hybridized carbons (Fsp3) is 0.263. The third-order valence-electron chi connectivity index (χ3n) is 4.01. The fourth-order valence-corrected chi connectivity index (χ4v) is 4.03. The van der Waals surface area contributed by atoms with Crippen LogP contribution in [0.2, 0.25) is 0 Å². The molecule has 3 aromatic rings. The predicted molar refractivity (Wildman–Crippen MR) is 110 cm³/mol. The second-order valence-corrected chi connectivity index (χ2v) is 8.30. The van der Waals surface area contributed by atoms with E-state index in [9.17, 15) is 17.2 Å². The van der Waals surface area contributed by atoms with Crippen LogP contribution in [0.1, 0.15) is 6.92 Å². The maximum absolute atomic E-state index is 13.0. The summed E-state index contributed by atoms with van der Waals surface area (Å²) >= 11 is 0. The van der Waals surface area contributed by atoms with Crippen molar-refractivity contribution in [3.05, 3.63) is 42.7 Å². The summed E-state index contributed by atoms with van der Waals surface area (Å²) in [7, 11) is -1.12. The van der Waals surface area contributed by atoms with Crippen LogP contribution in [0.25, 0.3) is 10.9 Å². The molecular weight excluding hydrogens is 418 g/mol. The Balaban J connectivity index is 1.83. The summed E-state index contributed by atoms with van der Waals surface area (Å²) < 4.78 is 62.3. The molecular formula is C19H20F2N4O4S. The number of aromatic nitrogens is 2. The molecule has 0 aliphatic rings. The van der Waals surface area contributed by atoms with Crippen molar-refractivity contribution in [3.63, 3.8) is 0 Å². The van der Waals surface area contributed by atoms with Crippen molar-refractivity contribution in [1.29, 1.82) is 0 Å². The number of halogens is 2. The van der Waals surface area contributed by atoms with Crippen LogP contribution in [0.3, 0.4) is 0 Å². The molecule has 1 aromatic heterocycles. The van der Waals surface area contributed by atoms with E-state index in [4.69, 9.17) is 9.47 Å². The van der Waals surface area contributed by atoms with Crippen LogP contribution in [-0.4, -0.2) is 44.3 Å². The van der Waals surface area contributed by atoms with Crippen molar-refractivity contribution in [2.75, 3.05) is 30.0 Å². The third kappa shape index (κ3) is 5.23. The van der Waals surface area contributed by atoms with Gasteiger partial charge in [-0.3, -0.25) is 4.72 Å². The van der Waals surface area contributed by atoms with E-state index in [1.165, 1.54) is 32.7 Å². The van der Waals surface area contributed by atoms with Gasteiger partial charge in [0.1, 0.15) is 17.9 Å². The summed E-state index contributed by atoms with van der Waals surface area (Å²) in [4.78, 5) is 8.47. The summed E-state index contributed by atoms with van der Waals surface area (Å²) in [6.45, 7) is 0.551. The normalized spacial score (nSPS) is 11.9.